The predicted molar refractivity (Wildman–Crippen MR) is 81.0 cm³/mol. The molecule has 20 heavy (non-hydrogen) atoms. The van der Waals surface area contributed by atoms with E-state index < -0.39 is 11.6 Å². The average Bonchev–Trinajstić information content (AvgIpc) is 2.41. The lowest BCUT2D eigenvalue weighted by molar-refractivity contribution is 0.540. The second-order valence-corrected chi connectivity index (χ2v) is 5.72. The Bertz CT molecular complexity index is 619. The molecule has 0 fully saturated rings. The topological polar surface area (TPSA) is 12.0 Å². The third kappa shape index (κ3) is 3.57. The van der Waals surface area contributed by atoms with Crippen molar-refractivity contribution in [1.82, 2.24) is 5.32 Å². The van der Waals surface area contributed by atoms with Crippen molar-refractivity contribution in [2.75, 3.05) is 7.05 Å². The molecule has 2 aromatic carbocycles. The summed E-state index contributed by atoms with van der Waals surface area (Å²) in [6.07, 6.45) is 0.427. The average molecular weight is 361 g/mol. The molecule has 0 aromatic heterocycles. The standard InChI is InChI=1S/C15H13BrClF2N/c1-20-15(10-3-5-13(17)12(16)6-10)7-9-2-4-11(18)8-14(9)19/h2-6,8,15,20H,7H2,1H3. The summed E-state index contributed by atoms with van der Waals surface area (Å²) in [4.78, 5) is 0. The summed E-state index contributed by atoms with van der Waals surface area (Å²) in [5.41, 5.74) is 1.45. The van der Waals surface area contributed by atoms with Gasteiger partial charge in [-0.2, -0.15) is 0 Å². The van der Waals surface area contributed by atoms with Crippen LogP contribution in [0.4, 0.5) is 8.78 Å². The molecule has 106 valence electrons. The molecule has 0 aliphatic carbocycles. The minimum absolute atomic E-state index is 0.0801. The molecule has 1 atom stereocenters. The molecule has 2 aromatic rings. The van der Waals surface area contributed by atoms with Crippen LogP contribution in [0, 0.1) is 11.6 Å². The van der Waals surface area contributed by atoms with Crippen molar-refractivity contribution in [3.8, 4) is 0 Å². The molecule has 0 aliphatic heterocycles. The lowest BCUT2D eigenvalue weighted by atomic mass is 9.98. The van der Waals surface area contributed by atoms with Crippen LogP contribution in [0.2, 0.25) is 5.02 Å². The van der Waals surface area contributed by atoms with Gasteiger partial charge >= 0.3 is 0 Å². The summed E-state index contributed by atoms with van der Waals surface area (Å²) >= 11 is 9.33. The molecule has 1 nitrogen and oxygen atoms in total. The SMILES string of the molecule is CNC(Cc1ccc(F)cc1F)c1ccc(Cl)c(Br)c1. The van der Waals surface area contributed by atoms with E-state index in [4.69, 9.17) is 11.6 Å². The van der Waals surface area contributed by atoms with Crippen LogP contribution in [-0.2, 0) is 6.42 Å². The highest BCUT2D eigenvalue weighted by Gasteiger charge is 2.14. The molecule has 0 saturated carbocycles. The molecule has 0 amide bonds. The highest BCUT2D eigenvalue weighted by molar-refractivity contribution is 9.10. The number of benzene rings is 2. The van der Waals surface area contributed by atoms with E-state index in [9.17, 15) is 8.78 Å². The van der Waals surface area contributed by atoms with E-state index >= 15 is 0 Å². The normalized spacial score (nSPS) is 12.4. The molecule has 5 heteroatoms. The molecular formula is C15H13BrClF2N. The first-order valence-electron chi connectivity index (χ1n) is 6.07. The van der Waals surface area contributed by atoms with Gasteiger partial charge in [-0.15, -0.1) is 0 Å². The maximum Gasteiger partial charge on any atom is 0.129 e. The third-order valence-corrected chi connectivity index (χ3v) is 4.35. The van der Waals surface area contributed by atoms with E-state index in [1.165, 1.54) is 12.1 Å². The van der Waals surface area contributed by atoms with Crippen LogP contribution in [0.15, 0.2) is 40.9 Å². The van der Waals surface area contributed by atoms with Gasteiger partial charge in [0.15, 0.2) is 0 Å². The maximum absolute atomic E-state index is 13.7. The van der Waals surface area contributed by atoms with E-state index in [1.807, 2.05) is 12.1 Å². The van der Waals surface area contributed by atoms with Gasteiger partial charge in [0.2, 0.25) is 0 Å². The summed E-state index contributed by atoms with van der Waals surface area (Å²) < 4.78 is 27.4. The first kappa shape index (κ1) is 15.4. The van der Waals surface area contributed by atoms with Crippen molar-refractivity contribution < 1.29 is 8.78 Å². The predicted octanol–water partition coefficient (Wildman–Crippen LogP) is 4.88. The Morgan fingerprint density at radius 3 is 2.55 bits per heavy atom. The number of hydrogen-bond donors (Lipinski definition) is 1. The molecule has 0 saturated heterocycles. The molecule has 0 heterocycles. The van der Waals surface area contributed by atoms with E-state index in [2.05, 4.69) is 21.2 Å². The molecule has 0 spiro atoms. The van der Waals surface area contributed by atoms with Gasteiger partial charge < -0.3 is 5.32 Å². The van der Waals surface area contributed by atoms with Gasteiger partial charge in [0, 0.05) is 16.6 Å². The highest BCUT2D eigenvalue weighted by Crippen LogP contribution is 2.28. The number of halogens is 4. The fourth-order valence-corrected chi connectivity index (χ4v) is 2.54. The second-order valence-electron chi connectivity index (χ2n) is 4.45. The van der Waals surface area contributed by atoms with Crippen molar-refractivity contribution in [1.29, 1.82) is 0 Å². The Morgan fingerprint density at radius 1 is 1.20 bits per heavy atom. The molecule has 1 N–H and O–H groups in total. The van der Waals surface area contributed by atoms with Crippen LogP contribution in [0.1, 0.15) is 17.2 Å². The van der Waals surface area contributed by atoms with Gasteiger partial charge in [-0.25, -0.2) is 8.78 Å². The molecule has 0 bridgehead atoms. The van der Waals surface area contributed by atoms with Gasteiger partial charge in [0.1, 0.15) is 11.6 Å². The molecular weight excluding hydrogens is 348 g/mol. The van der Waals surface area contributed by atoms with E-state index in [-0.39, 0.29) is 6.04 Å². The van der Waals surface area contributed by atoms with E-state index in [0.29, 0.717) is 17.0 Å². The minimum atomic E-state index is -0.568. The first-order chi connectivity index (χ1) is 9.51. The lowest BCUT2D eigenvalue weighted by Gasteiger charge is -2.18. The van der Waals surface area contributed by atoms with Crippen molar-refractivity contribution in [2.24, 2.45) is 0 Å². The number of likely N-dealkylation sites (N-methyl/N-ethyl adjacent to an activating group) is 1. The minimum Gasteiger partial charge on any atom is -0.313 e. The third-order valence-electron chi connectivity index (χ3n) is 3.13. The highest BCUT2D eigenvalue weighted by atomic mass is 79.9. The number of rotatable bonds is 4. The van der Waals surface area contributed by atoms with Crippen LogP contribution in [0.5, 0.6) is 0 Å². The second kappa shape index (κ2) is 6.66. The zero-order valence-electron chi connectivity index (χ0n) is 10.8. The summed E-state index contributed by atoms with van der Waals surface area (Å²) in [5.74, 6) is -1.10. The van der Waals surface area contributed by atoms with Crippen LogP contribution >= 0.6 is 27.5 Å². The van der Waals surface area contributed by atoms with Gasteiger partial charge in [0.25, 0.3) is 0 Å². The van der Waals surface area contributed by atoms with E-state index in [1.54, 1.807) is 13.1 Å². The van der Waals surface area contributed by atoms with Gasteiger partial charge in [-0.05, 0) is 58.7 Å². The van der Waals surface area contributed by atoms with Crippen molar-refractivity contribution in [2.45, 2.75) is 12.5 Å². The quantitative estimate of drug-likeness (QED) is 0.819. The largest absolute Gasteiger partial charge is 0.313 e. The van der Waals surface area contributed by atoms with Gasteiger partial charge in [-0.3, -0.25) is 0 Å². The van der Waals surface area contributed by atoms with Crippen LogP contribution in [0.25, 0.3) is 0 Å². The Kier molecular flexibility index (Phi) is 5.13. The number of nitrogens with one attached hydrogen (secondary N) is 1. The fourth-order valence-electron chi connectivity index (χ4n) is 2.02. The van der Waals surface area contributed by atoms with Gasteiger partial charge in [-0.1, -0.05) is 23.7 Å². The molecule has 0 aliphatic rings. The summed E-state index contributed by atoms with van der Waals surface area (Å²) in [7, 11) is 1.80. The Labute approximate surface area is 130 Å². The van der Waals surface area contributed by atoms with Crippen molar-refractivity contribution in [3.63, 3.8) is 0 Å². The Hall–Kier alpha value is -0.970. The molecule has 0 radical (unpaired) electrons. The summed E-state index contributed by atoms with van der Waals surface area (Å²) in [5, 5.41) is 3.75. The Morgan fingerprint density at radius 2 is 1.95 bits per heavy atom. The summed E-state index contributed by atoms with van der Waals surface area (Å²) in [6.45, 7) is 0. The van der Waals surface area contributed by atoms with Crippen LogP contribution < -0.4 is 5.32 Å². The first-order valence-corrected chi connectivity index (χ1v) is 7.24. The fraction of sp³-hybridized carbons (Fsp3) is 0.200. The molecule has 1 unspecified atom stereocenters. The maximum atomic E-state index is 13.7. The number of hydrogen-bond acceptors (Lipinski definition) is 1. The lowest BCUT2D eigenvalue weighted by Crippen LogP contribution is -2.19. The van der Waals surface area contributed by atoms with Gasteiger partial charge in [0.05, 0.1) is 5.02 Å². The Balaban J connectivity index is 2.26. The van der Waals surface area contributed by atoms with Crippen molar-refractivity contribution in [3.05, 3.63) is 68.7 Å². The van der Waals surface area contributed by atoms with Crippen LogP contribution in [-0.4, -0.2) is 7.05 Å². The smallest absolute Gasteiger partial charge is 0.129 e. The van der Waals surface area contributed by atoms with Crippen LogP contribution in [0.3, 0.4) is 0 Å². The summed E-state index contributed by atoms with van der Waals surface area (Å²) in [6, 6.07) is 9.12. The zero-order valence-corrected chi connectivity index (χ0v) is 13.1. The van der Waals surface area contributed by atoms with E-state index in [0.717, 1.165) is 16.1 Å². The zero-order chi connectivity index (χ0) is 14.7. The van der Waals surface area contributed by atoms with Crippen molar-refractivity contribution >= 4 is 27.5 Å². The molecule has 2 rings (SSSR count). The monoisotopic (exact) mass is 359 g/mol.